The van der Waals surface area contributed by atoms with Crippen LogP contribution in [-0.4, -0.2) is 54.2 Å². The van der Waals surface area contributed by atoms with Crippen molar-refractivity contribution in [3.8, 4) is 33.2 Å². The maximum atomic E-state index is 5.93. The Bertz CT molecular complexity index is 1710. The molecular weight excluding hydrogens is 458 g/mol. The highest BCUT2D eigenvalue weighted by Gasteiger charge is 2.25. The molecule has 0 unspecified atom stereocenters. The Morgan fingerprint density at radius 2 is 1.97 bits per heavy atom. The second-order valence-corrected chi connectivity index (χ2v) is 10.1. The first kappa shape index (κ1) is 20.2. The van der Waals surface area contributed by atoms with Gasteiger partial charge in [-0.25, -0.2) is 9.97 Å². The van der Waals surface area contributed by atoms with Crippen molar-refractivity contribution < 1.29 is 0 Å². The number of pyridine rings is 2. The molecule has 7 rings (SSSR count). The summed E-state index contributed by atoms with van der Waals surface area (Å²) in [5.74, 6) is 0.830. The number of nitrogens with zero attached hydrogens (tertiary/aromatic N) is 6. The van der Waals surface area contributed by atoms with Gasteiger partial charge in [0.2, 0.25) is 0 Å². The third-order valence-corrected chi connectivity index (χ3v) is 7.36. The molecule has 0 aliphatic carbocycles. The second kappa shape index (κ2) is 7.69. The van der Waals surface area contributed by atoms with Crippen LogP contribution in [0.1, 0.15) is 4.88 Å². The maximum Gasteiger partial charge on any atom is 0.181 e. The molecule has 4 N–H and O–H groups in total. The normalized spacial score (nSPS) is 14.2. The number of nitrogens with two attached hydrogens (primary N) is 1. The zero-order valence-electron chi connectivity index (χ0n) is 18.9. The lowest BCUT2D eigenvalue weighted by molar-refractivity contribution is 0.514. The summed E-state index contributed by atoms with van der Waals surface area (Å²) in [6, 6.07) is 10.6. The highest BCUT2D eigenvalue weighted by Crippen LogP contribution is 2.35. The fraction of sp³-hybridized carbons (Fsp3) is 0.160. The Kier molecular flexibility index (Phi) is 4.45. The minimum Gasteiger partial charge on any atom is -0.353 e. The van der Waals surface area contributed by atoms with Gasteiger partial charge >= 0.3 is 0 Å². The molecule has 0 atom stereocenters. The summed E-state index contributed by atoms with van der Waals surface area (Å²) in [6.45, 7) is 3.70. The zero-order chi connectivity index (χ0) is 23.5. The number of thiophene rings is 1. The molecule has 0 radical (unpaired) electrons. The summed E-state index contributed by atoms with van der Waals surface area (Å²) in [7, 11) is 0. The van der Waals surface area contributed by atoms with Crippen molar-refractivity contribution in [2.75, 3.05) is 18.0 Å². The molecule has 6 aromatic rings. The van der Waals surface area contributed by atoms with E-state index in [0.717, 1.165) is 68.4 Å². The van der Waals surface area contributed by atoms with Crippen molar-refractivity contribution in [2.45, 2.75) is 13.0 Å². The van der Waals surface area contributed by atoms with E-state index >= 15 is 0 Å². The molecule has 10 heteroatoms. The first-order valence-corrected chi connectivity index (χ1v) is 12.2. The number of aromatic amines is 2. The lowest BCUT2D eigenvalue weighted by Crippen LogP contribution is -2.56. The monoisotopic (exact) mass is 479 g/mol. The molecule has 9 nitrogen and oxygen atoms in total. The quantitative estimate of drug-likeness (QED) is 0.347. The molecule has 0 aromatic carbocycles. The molecule has 0 amide bonds. The molecule has 0 saturated carbocycles. The van der Waals surface area contributed by atoms with Gasteiger partial charge in [-0.05, 0) is 37.3 Å². The van der Waals surface area contributed by atoms with Crippen molar-refractivity contribution >= 4 is 39.1 Å². The third kappa shape index (κ3) is 3.37. The van der Waals surface area contributed by atoms with Crippen molar-refractivity contribution in [1.82, 2.24) is 35.1 Å². The van der Waals surface area contributed by atoms with Crippen LogP contribution in [0.15, 0.2) is 55.1 Å². The van der Waals surface area contributed by atoms with E-state index in [9.17, 15) is 0 Å². The number of fused-ring (bicyclic) bond motifs is 2. The van der Waals surface area contributed by atoms with Gasteiger partial charge in [-0.3, -0.25) is 15.1 Å². The summed E-state index contributed by atoms with van der Waals surface area (Å²) in [5, 5.41) is 9.58. The fourth-order valence-corrected chi connectivity index (χ4v) is 5.42. The summed E-state index contributed by atoms with van der Waals surface area (Å²) in [4.78, 5) is 26.5. The lowest BCUT2D eigenvalue weighted by atomic mass is 10.1. The van der Waals surface area contributed by atoms with Crippen LogP contribution in [0.5, 0.6) is 0 Å². The van der Waals surface area contributed by atoms with Gasteiger partial charge in [0.1, 0.15) is 5.82 Å². The molecular formula is C25H21N9S. The number of aryl methyl sites for hydroxylation is 1. The van der Waals surface area contributed by atoms with Gasteiger partial charge in [0, 0.05) is 58.3 Å². The SMILES string of the molecule is Cc1ccc(-c2nccc3[nH]c(-c4[nH]nc5ncc(-c6cncc(N7CC(N)C7)n6)cc45)cc23)s1. The predicted molar refractivity (Wildman–Crippen MR) is 138 cm³/mol. The van der Waals surface area contributed by atoms with Crippen LogP contribution in [-0.2, 0) is 0 Å². The average molecular weight is 480 g/mol. The average Bonchev–Trinajstić information content (AvgIpc) is 3.59. The first-order chi connectivity index (χ1) is 17.1. The van der Waals surface area contributed by atoms with Gasteiger partial charge in [0.15, 0.2) is 5.65 Å². The molecule has 1 aliphatic rings. The smallest absolute Gasteiger partial charge is 0.181 e. The van der Waals surface area contributed by atoms with E-state index in [2.05, 4.69) is 66.2 Å². The number of nitrogens with one attached hydrogen (secondary N) is 2. The van der Waals surface area contributed by atoms with Gasteiger partial charge < -0.3 is 15.6 Å². The van der Waals surface area contributed by atoms with E-state index in [4.69, 9.17) is 10.7 Å². The van der Waals surface area contributed by atoms with E-state index in [1.165, 1.54) is 4.88 Å². The van der Waals surface area contributed by atoms with Gasteiger partial charge in [-0.15, -0.1) is 11.3 Å². The van der Waals surface area contributed by atoms with E-state index in [1.807, 2.05) is 12.3 Å². The summed E-state index contributed by atoms with van der Waals surface area (Å²) in [6.07, 6.45) is 7.16. The lowest BCUT2D eigenvalue weighted by Gasteiger charge is -2.37. The molecule has 0 spiro atoms. The number of anilines is 1. The van der Waals surface area contributed by atoms with E-state index in [-0.39, 0.29) is 6.04 Å². The van der Waals surface area contributed by atoms with Crippen molar-refractivity contribution in [3.63, 3.8) is 0 Å². The molecule has 1 aliphatic heterocycles. The highest BCUT2D eigenvalue weighted by molar-refractivity contribution is 7.15. The van der Waals surface area contributed by atoms with Crippen LogP contribution in [0.3, 0.4) is 0 Å². The molecule has 6 aromatic heterocycles. The summed E-state index contributed by atoms with van der Waals surface area (Å²) < 4.78 is 0. The minimum absolute atomic E-state index is 0.197. The number of hydrogen-bond acceptors (Lipinski definition) is 8. The molecule has 1 fully saturated rings. The Hall–Kier alpha value is -4.15. The van der Waals surface area contributed by atoms with Crippen LogP contribution in [0.2, 0.25) is 0 Å². The van der Waals surface area contributed by atoms with Gasteiger partial charge in [-0.1, -0.05) is 0 Å². The Morgan fingerprint density at radius 3 is 2.80 bits per heavy atom. The van der Waals surface area contributed by atoms with Crippen molar-refractivity contribution in [1.29, 1.82) is 0 Å². The second-order valence-electron chi connectivity index (χ2n) is 8.84. The summed E-state index contributed by atoms with van der Waals surface area (Å²) >= 11 is 1.74. The maximum absolute atomic E-state index is 5.93. The number of H-pyrrole nitrogens is 2. The molecule has 7 heterocycles. The Balaban J connectivity index is 1.31. The standard InChI is InChI=1S/C25H21N9S/c1-13-2-3-21(35-13)24-16-7-19(30-18(16)4-5-28-24)23-17-6-14(8-29-25(17)33-32-23)20-9-27-10-22(31-20)34-11-15(26)12-34/h2-10,15,30H,11-12,26H2,1H3,(H,29,32,33). The first-order valence-electron chi connectivity index (χ1n) is 11.3. The van der Waals surface area contributed by atoms with Crippen molar-refractivity contribution in [3.05, 3.63) is 60.0 Å². The predicted octanol–water partition coefficient (Wildman–Crippen LogP) is 4.14. The highest BCUT2D eigenvalue weighted by atomic mass is 32.1. The molecule has 172 valence electrons. The number of rotatable bonds is 4. The van der Waals surface area contributed by atoms with Gasteiger partial charge in [-0.2, -0.15) is 5.10 Å². The Labute approximate surface area is 204 Å². The van der Waals surface area contributed by atoms with E-state index in [0.29, 0.717) is 5.65 Å². The van der Waals surface area contributed by atoms with Crippen LogP contribution in [0.25, 0.3) is 55.2 Å². The van der Waals surface area contributed by atoms with Crippen LogP contribution >= 0.6 is 11.3 Å². The zero-order valence-corrected chi connectivity index (χ0v) is 19.7. The van der Waals surface area contributed by atoms with Gasteiger partial charge in [0.25, 0.3) is 0 Å². The van der Waals surface area contributed by atoms with E-state index in [1.54, 1.807) is 29.9 Å². The Morgan fingerprint density at radius 1 is 1.06 bits per heavy atom. The van der Waals surface area contributed by atoms with Crippen molar-refractivity contribution in [2.24, 2.45) is 5.73 Å². The summed E-state index contributed by atoms with van der Waals surface area (Å²) in [5.41, 5.74) is 12.0. The van der Waals surface area contributed by atoms with Crippen LogP contribution < -0.4 is 10.6 Å². The minimum atomic E-state index is 0.197. The third-order valence-electron chi connectivity index (χ3n) is 6.35. The van der Waals surface area contributed by atoms with E-state index < -0.39 is 0 Å². The number of hydrogen-bond donors (Lipinski definition) is 3. The van der Waals surface area contributed by atoms with Crippen LogP contribution in [0.4, 0.5) is 5.82 Å². The fourth-order valence-electron chi connectivity index (χ4n) is 4.54. The number of aromatic nitrogens is 7. The molecule has 1 saturated heterocycles. The van der Waals surface area contributed by atoms with Gasteiger partial charge in [0.05, 0.1) is 40.0 Å². The molecule has 35 heavy (non-hydrogen) atoms. The topological polar surface area (TPSA) is 125 Å². The molecule has 0 bridgehead atoms. The largest absolute Gasteiger partial charge is 0.353 e. The van der Waals surface area contributed by atoms with Crippen LogP contribution in [0, 0.1) is 6.92 Å².